The molecule has 20 heavy (non-hydrogen) atoms. The minimum Gasteiger partial charge on any atom is -0.490 e. The predicted octanol–water partition coefficient (Wildman–Crippen LogP) is 4.31. The fraction of sp³-hybridized carbons (Fsp3) is 0.235. The van der Waals surface area contributed by atoms with Crippen LogP contribution in [0.15, 0.2) is 40.9 Å². The highest BCUT2D eigenvalue weighted by atomic mass is 79.9. The van der Waals surface area contributed by atoms with Gasteiger partial charge in [-0.3, -0.25) is 4.79 Å². The van der Waals surface area contributed by atoms with Crippen molar-refractivity contribution in [1.82, 2.24) is 0 Å². The molecule has 1 aliphatic heterocycles. The zero-order chi connectivity index (χ0) is 14.3. The monoisotopic (exact) mass is 330 g/mol. The minimum absolute atomic E-state index is 0.0410. The highest BCUT2D eigenvalue weighted by Crippen LogP contribution is 2.30. The Bertz CT molecular complexity index is 691. The summed E-state index contributed by atoms with van der Waals surface area (Å²) in [7, 11) is 0. The highest BCUT2D eigenvalue weighted by Gasteiger charge is 2.21. The number of halogens is 1. The van der Waals surface area contributed by atoms with Gasteiger partial charge in [-0.2, -0.15) is 0 Å². The van der Waals surface area contributed by atoms with Crippen molar-refractivity contribution in [3.8, 4) is 5.75 Å². The number of hydrogen-bond acceptors (Lipinski definition) is 2. The van der Waals surface area contributed by atoms with Crippen molar-refractivity contribution in [3.63, 3.8) is 0 Å². The number of ketones is 1. The van der Waals surface area contributed by atoms with E-state index in [0.29, 0.717) is 11.1 Å². The number of ether oxygens (including phenoxy) is 1. The van der Waals surface area contributed by atoms with Crippen molar-refractivity contribution >= 4 is 21.7 Å². The van der Waals surface area contributed by atoms with E-state index in [-0.39, 0.29) is 11.9 Å². The molecule has 0 saturated heterocycles. The molecule has 0 aliphatic carbocycles. The van der Waals surface area contributed by atoms with Gasteiger partial charge < -0.3 is 4.74 Å². The van der Waals surface area contributed by atoms with Crippen LogP contribution in [0.4, 0.5) is 0 Å². The van der Waals surface area contributed by atoms with E-state index in [1.165, 1.54) is 0 Å². The lowest BCUT2D eigenvalue weighted by atomic mass is 9.99. The Labute approximate surface area is 126 Å². The molecule has 0 amide bonds. The first-order valence-corrected chi connectivity index (χ1v) is 7.44. The summed E-state index contributed by atoms with van der Waals surface area (Å²) >= 11 is 3.47. The Balaban J connectivity index is 1.97. The average molecular weight is 331 g/mol. The van der Waals surface area contributed by atoms with Gasteiger partial charge in [0.1, 0.15) is 11.9 Å². The van der Waals surface area contributed by atoms with Crippen LogP contribution < -0.4 is 4.74 Å². The molecule has 0 radical (unpaired) electrons. The van der Waals surface area contributed by atoms with Crippen molar-refractivity contribution in [3.05, 3.63) is 63.1 Å². The molecule has 0 saturated carbocycles. The van der Waals surface area contributed by atoms with Crippen molar-refractivity contribution in [1.29, 1.82) is 0 Å². The maximum Gasteiger partial charge on any atom is 0.194 e. The highest BCUT2D eigenvalue weighted by molar-refractivity contribution is 9.10. The number of hydrogen-bond donors (Lipinski definition) is 0. The second-order valence-corrected chi connectivity index (χ2v) is 6.12. The molecule has 3 heteroatoms. The molecule has 2 aromatic carbocycles. The third-order valence-electron chi connectivity index (χ3n) is 3.53. The lowest BCUT2D eigenvalue weighted by Gasteiger charge is -2.06. The van der Waals surface area contributed by atoms with Crippen molar-refractivity contribution in [2.24, 2.45) is 0 Å². The summed E-state index contributed by atoms with van der Waals surface area (Å²) in [4.78, 5) is 12.6. The van der Waals surface area contributed by atoms with Crippen molar-refractivity contribution < 1.29 is 9.53 Å². The molecule has 0 aromatic heterocycles. The van der Waals surface area contributed by atoms with Crippen molar-refractivity contribution in [2.45, 2.75) is 26.4 Å². The summed E-state index contributed by atoms with van der Waals surface area (Å²) in [5, 5.41) is 0. The van der Waals surface area contributed by atoms with E-state index >= 15 is 0 Å². The van der Waals surface area contributed by atoms with Gasteiger partial charge in [-0.1, -0.05) is 22.0 Å². The molecule has 2 aromatic rings. The summed E-state index contributed by atoms with van der Waals surface area (Å²) in [6.07, 6.45) is 1.06. The SMILES string of the molecule is Cc1ccc(C(=O)c2ccc3c(c2)CC(C)O3)c(Br)c1. The smallest absolute Gasteiger partial charge is 0.194 e. The number of rotatable bonds is 2. The van der Waals surface area contributed by atoms with Gasteiger partial charge in [0, 0.05) is 22.0 Å². The van der Waals surface area contributed by atoms with Gasteiger partial charge in [0.15, 0.2) is 5.78 Å². The van der Waals surface area contributed by atoms with Crippen LogP contribution in [0.2, 0.25) is 0 Å². The number of fused-ring (bicyclic) bond motifs is 1. The normalized spacial score (nSPS) is 16.6. The number of carbonyl (C=O) groups excluding carboxylic acids is 1. The Morgan fingerprint density at radius 2 is 2.05 bits per heavy atom. The Morgan fingerprint density at radius 3 is 2.80 bits per heavy atom. The van der Waals surface area contributed by atoms with Gasteiger partial charge in [-0.15, -0.1) is 0 Å². The maximum absolute atomic E-state index is 12.6. The summed E-state index contributed by atoms with van der Waals surface area (Å²) in [5.41, 5.74) is 3.66. The van der Waals surface area contributed by atoms with Crippen LogP contribution in [0.3, 0.4) is 0 Å². The number of benzene rings is 2. The number of carbonyl (C=O) groups is 1. The van der Waals surface area contributed by atoms with E-state index in [0.717, 1.165) is 27.8 Å². The Morgan fingerprint density at radius 1 is 1.25 bits per heavy atom. The molecule has 1 heterocycles. The van der Waals surface area contributed by atoms with Crippen LogP contribution in [0.1, 0.15) is 34.0 Å². The zero-order valence-corrected chi connectivity index (χ0v) is 13.0. The van der Waals surface area contributed by atoms with Crippen molar-refractivity contribution in [2.75, 3.05) is 0 Å². The average Bonchev–Trinajstić information content (AvgIpc) is 2.77. The molecule has 1 atom stereocenters. The van der Waals surface area contributed by atoms with Gasteiger partial charge >= 0.3 is 0 Å². The molecule has 1 unspecified atom stereocenters. The third kappa shape index (κ3) is 2.38. The van der Waals surface area contributed by atoms with E-state index in [4.69, 9.17) is 4.74 Å². The topological polar surface area (TPSA) is 26.3 Å². The second-order valence-electron chi connectivity index (χ2n) is 5.27. The van der Waals surface area contributed by atoms with E-state index in [1.807, 2.05) is 50.2 Å². The van der Waals surface area contributed by atoms with Gasteiger partial charge in [-0.05, 0) is 55.3 Å². The van der Waals surface area contributed by atoms with E-state index in [1.54, 1.807) is 0 Å². The molecule has 0 fully saturated rings. The summed E-state index contributed by atoms with van der Waals surface area (Å²) < 4.78 is 6.51. The second kappa shape index (κ2) is 5.06. The van der Waals surface area contributed by atoms with E-state index in [9.17, 15) is 4.79 Å². The largest absolute Gasteiger partial charge is 0.490 e. The quantitative estimate of drug-likeness (QED) is 0.767. The Kier molecular flexibility index (Phi) is 3.38. The molecule has 0 bridgehead atoms. The zero-order valence-electron chi connectivity index (χ0n) is 11.4. The van der Waals surface area contributed by atoms with Gasteiger partial charge in [0.25, 0.3) is 0 Å². The van der Waals surface area contributed by atoms with Crippen LogP contribution in [0.25, 0.3) is 0 Å². The lowest BCUT2D eigenvalue weighted by Crippen LogP contribution is -2.05. The first kappa shape index (κ1) is 13.4. The van der Waals surface area contributed by atoms with Crippen LogP contribution in [0.5, 0.6) is 5.75 Å². The first-order valence-electron chi connectivity index (χ1n) is 6.65. The summed E-state index contributed by atoms with van der Waals surface area (Å²) in [5.74, 6) is 0.941. The molecular weight excluding hydrogens is 316 g/mol. The fourth-order valence-electron chi connectivity index (χ4n) is 2.52. The molecule has 0 N–H and O–H groups in total. The standard InChI is InChI=1S/C17H15BrO2/c1-10-3-5-14(15(18)7-10)17(19)12-4-6-16-13(9-12)8-11(2)20-16/h3-7,9,11H,8H2,1-2H3. The Hall–Kier alpha value is -1.61. The van der Waals surface area contributed by atoms with Gasteiger partial charge in [0.2, 0.25) is 0 Å². The molecule has 0 spiro atoms. The van der Waals surface area contributed by atoms with E-state index < -0.39 is 0 Å². The van der Waals surface area contributed by atoms with Crippen LogP contribution in [-0.4, -0.2) is 11.9 Å². The number of aryl methyl sites for hydroxylation is 1. The van der Waals surface area contributed by atoms with Crippen LogP contribution >= 0.6 is 15.9 Å². The molecule has 2 nitrogen and oxygen atoms in total. The summed E-state index contributed by atoms with van der Waals surface area (Å²) in [6.45, 7) is 4.05. The van der Waals surface area contributed by atoms with Crippen LogP contribution in [-0.2, 0) is 6.42 Å². The fourth-order valence-corrected chi connectivity index (χ4v) is 3.20. The summed E-state index contributed by atoms with van der Waals surface area (Å²) in [6, 6.07) is 11.5. The lowest BCUT2D eigenvalue weighted by molar-refractivity contribution is 0.103. The third-order valence-corrected chi connectivity index (χ3v) is 4.18. The molecule has 1 aliphatic rings. The maximum atomic E-state index is 12.6. The molecular formula is C17H15BrO2. The van der Waals surface area contributed by atoms with Gasteiger partial charge in [0.05, 0.1) is 0 Å². The van der Waals surface area contributed by atoms with Gasteiger partial charge in [-0.25, -0.2) is 0 Å². The minimum atomic E-state index is 0.0410. The first-order chi connectivity index (χ1) is 9.54. The van der Waals surface area contributed by atoms with E-state index in [2.05, 4.69) is 15.9 Å². The van der Waals surface area contributed by atoms with Crippen LogP contribution in [0, 0.1) is 6.92 Å². The predicted molar refractivity (Wildman–Crippen MR) is 82.5 cm³/mol. The molecule has 3 rings (SSSR count). The molecule has 102 valence electrons.